The maximum Gasteiger partial charge on any atom is 0.323 e. The quantitative estimate of drug-likeness (QED) is 0.867. The van der Waals surface area contributed by atoms with E-state index in [4.69, 9.17) is 5.11 Å². The number of urea groups is 1. The van der Waals surface area contributed by atoms with Crippen molar-refractivity contribution in [2.75, 3.05) is 19.0 Å². The van der Waals surface area contributed by atoms with Gasteiger partial charge < -0.3 is 10.0 Å². The van der Waals surface area contributed by atoms with E-state index in [1.807, 2.05) is 0 Å². The van der Waals surface area contributed by atoms with Crippen LogP contribution in [0, 0.1) is 5.92 Å². The summed E-state index contributed by atoms with van der Waals surface area (Å²) >= 11 is 0. The molecule has 6 nitrogen and oxygen atoms in total. The molecule has 0 aromatic carbocycles. The lowest BCUT2D eigenvalue weighted by Crippen LogP contribution is -2.42. The van der Waals surface area contributed by atoms with E-state index >= 15 is 0 Å². The molecule has 2 rings (SSSR count). The van der Waals surface area contributed by atoms with Gasteiger partial charge in [0.1, 0.15) is 12.1 Å². The highest BCUT2D eigenvalue weighted by Crippen LogP contribution is 2.26. The molecule has 2 amide bonds. The van der Waals surface area contributed by atoms with Crippen LogP contribution in [0.25, 0.3) is 0 Å². The molecule has 1 aromatic rings. The monoisotopic (exact) mass is 264 g/mol. The predicted molar refractivity (Wildman–Crippen MR) is 71.6 cm³/mol. The molecule has 104 valence electrons. The second-order valence-corrected chi connectivity index (χ2v) is 4.99. The molecule has 0 atom stereocenters. The number of nitrogens with one attached hydrogen (secondary N) is 1. The topological polar surface area (TPSA) is 78.4 Å². The number of amides is 2. The van der Waals surface area contributed by atoms with E-state index in [1.54, 1.807) is 24.2 Å². The van der Waals surface area contributed by atoms with Gasteiger partial charge in [-0.1, -0.05) is 0 Å². The summed E-state index contributed by atoms with van der Waals surface area (Å²) in [6, 6.07) is 1.75. The molecule has 1 aliphatic carbocycles. The largest absolute Gasteiger partial charge is 0.396 e. The maximum atomic E-state index is 12.1. The zero-order chi connectivity index (χ0) is 13.7. The number of hydrogen-bond donors (Lipinski definition) is 2. The van der Waals surface area contributed by atoms with Crippen molar-refractivity contribution < 1.29 is 9.90 Å². The smallest absolute Gasteiger partial charge is 0.323 e. The molecule has 0 aliphatic heterocycles. The summed E-state index contributed by atoms with van der Waals surface area (Å²) in [7, 11) is 1.81. The van der Waals surface area contributed by atoms with Gasteiger partial charge in [0.05, 0.1) is 0 Å². The Morgan fingerprint density at radius 3 is 2.79 bits per heavy atom. The summed E-state index contributed by atoms with van der Waals surface area (Å²) in [4.78, 5) is 21.6. The van der Waals surface area contributed by atoms with Gasteiger partial charge in [-0.2, -0.15) is 0 Å². The maximum absolute atomic E-state index is 12.1. The van der Waals surface area contributed by atoms with Gasteiger partial charge in [-0.15, -0.1) is 0 Å². The zero-order valence-corrected chi connectivity index (χ0v) is 11.1. The zero-order valence-electron chi connectivity index (χ0n) is 11.1. The fraction of sp³-hybridized carbons (Fsp3) is 0.615. The average Bonchev–Trinajstić information content (AvgIpc) is 2.47. The van der Waals surface area contributed by atoms with E-state index in [2.05, 4.69) is 15.3 Å². The number of anilines is 1. The summed E-state index contributed by atoms with van der Waals surface area (Å²) in [5.41, 5.74) is 0. The van der Waals surface area contributed by atoms with Crippen LogP contribution in [0.2, 0.25) is 0 Å². The first-order chi connectivity index (χ1) is 9.20. The number of aliphatic hydroxyl groups is 1. The Morgan fingerprint density at radius 1 is 1.47 bits per heavy atom. The number of nitrogens with zero attached hydrogens (tertiary/aromatic N) is 3. The molecule has 0 unspecified atom stereocenters. The van der Waals surface area contributed by atoms with Crippen LogP contribution in [0.5, 0.6) is 0 Å². The molecule has 2 N–H and O–H groups in total. The second-order valence-electron chi connectivity index (χ2n) is 4.99. The molecular weight excluding hydrogens is 244 g/mol. The number of aromatic nitrogens is 2. The summed E-state index contributed by atoms with van der Waals surface area (Å²) in [6.45, 7) is 0.254. The number of rotatable bonds is 3. The van der Waals surface area contributed by atoms with Crippen molar-refractivity contribution in [3.63, 3.8) is 0 Å². The summed E-state index contributed by atoms with van der Waals surface area (Å²) in [5.74, 6) is 0.908. The molecule has 0 saturated heterocycles. The van der Waals surface area contributed by atoms with E-state index in [0.29, 0.717) is 11.7 Å². The first-order valence-electron chi connectivity index (χ1n) is 6.61. The third-order valence-corrected chi connectivity index (χ3v) is 3.76. The average molecular weight is 264 g/mol. The molecule has 0 radical (unpaired) electrons. The minimum Gasteiger partial charge on any atom is -0.396 e. The summed E-state index contributed by atoms with van der Waals surface area (Å²) < 4.78 is 0. The molecule has 0 bridgehead atoms. The highest BCUT2D eigenvalue weighted by atomic mass is 16.3. The second kappa shape index (κ2) is 6.47. The Kier molecular flexibility index (Phi) is 4.68. The predicted octanol–water partition coefficient (Wildman–Crippen LogP) is 1.49. The van der Waals surface area contributed by atoms with E-state index in [9.17, 15) is 4.79 Å². The van der Waals surface area contributed by atoms with Crippen LogP contribution in [0.4, 0.5) is 10.6 Å². The molecule has 19 heavy (non-hydrogen) atoms. The molecule has 1 aliphatic rings. The van der Waals surface area contributed by atoms with Crippen molar-refractivity contribution in [3.8, 4) is 0 Å². The van der Waals surface area contributed by atoms with Crippen LogP contribution in [-0.4, -0.2) is 45.7 Å². The van der Waals surface area contributed by atoms with Crippen LogP contribution in [0.3, 0.4) is 0 Å². The highest BCUT2D eigenvalue weighted by molar-refractivity contribution is 5.88. The fourth-order valence-electron chi connectivity index (χ4n) is 2.44. The van der Waals surface area contributed by atoms with Gasteiger partial charge in [-0.3, -0.25) is 5.32 Å². The van der Waals surface area contributed by atoms with Gasteiger partial charge in [0.25, 0.3) is 0 Å². The molecular formula is C13H20N4O2. The summed E-state index contributed by atoms with van der Waals surface area (Å²) in [5, 5.41) is 11.9. The van der Waals surface area contributed by atoms with Gasteiger partial charge in [-0.25, -0.2) is 14.8 Å². The number of carbonyl (C=O) groups excluding carboxylic acids is 1. The lowest BCUT2D eigenvalue weighted by Gasteiger charge is -2.34. The number of aliphatic hydroxyl groups excluding tert-OH is 1. The highest BCUT2D eigenvalue weighted by Gasteiger charge is 2.26. The van der Waals surface area contributed by atoms with Crippen molar-refractivity contribution in [2.45, 2.75) is 31.7 Å². The van der Waals surface area contributed by atoms with Crippen LogP contribution in [0.15, 0.2) is 18.6 Å². The number of hydrogen-bond acceptors (Lipinski definition) is 4. The Labute approximate surface area is 112 Å². The Bertz CT molecular complexity index is 404. The first-order valence-corrected chi connectivity index (χ1v) is 6.61. The molecule has 6 heteroatoms. The van der Waals surface area contributed by atoms with Crippen LogP contribution in [0.1, 0.15) is 25.7 Å². The Balaban J connectivity index is 1.86. The van der Waals surface area contributed by atoms with Crippen molar-refractivity contribution in [2.24, 2.45) is 5.92 Å². The van der Waals surface area contributed by atoms with Gasteiger partial charge >= 0.3 is 6.03 Å². The molecule has 1 saturated carbocycles. The van der Waals surface area contributed by atoms with E-state index in [1.165, 1.54) is 6.33 Å². The van der Waals surface area contributed by atoms with Crippen LogP contribution >= 0.6 is 0 Å². The minimum atomic E-state index is -0.147. The van der Waals surface area contributed by atoms with E-state index < -0.39 is 0 Å². The third-order valence-electron chi connectivity index (χ3n) is 3.76. The molecule has 1 heterocycles. The van der Waals surface area contributed by atoms with Crippen molar-refractivity contribution in [3.05, 3.63) is 18.6 Å². The van der Waals surface area contributed by atoms with Crippen molar-refractivity contribution >= 4 is 11.8 Å². The van der Waals surface area contributed by atoms with Gasteiger partial charge in [0, 0.05) is 25.9 Å². The summed E-state index contributed by atoms with van der Waals surface area (Å²) in [6.07, 6.45) is 6.84. The van der Waals surface area contributed by atoms with Crippen molar-refractivity contribution in [1.29, 1.82) is 0 Å². The van der Waals surface area contributed by atoms with Crippen LogP contribution in [-0.2, 0) is 0 Å². The molecule has 1 fully saturated rings. The van der Waals surface area contributed by atoms with Gasteiger partial charge in [-0.05, 0) is 37.7 Å². The first kappa shape index (κ1) is 13.7. The van der Waals surface area contributed by atoms with Crippen LogP contribution < -0.4 is 5.32 Å². The molecule has 1 aromatic heterocycles. The SMILES string of the molecule is CN(C(=O)Nc1ccncn1)C1CCC(CO)CC1. The van der Waals surface area contributed by atoms with E-state index in [-0.39, 0.29) is 18.7 Å². The number of carbonyl (C=O) groups is 1. The lowest BCUT2D eigenvalue weighted by molar-refractivity contribution is 0.139. The minimum absolute atomic E-state index is 0.147. The fourth-order valence-corrected chi connectivity index (χ4v) is 2.44. The molecule has 0 spiro atoms. The van der Waals surface area contributed by atoms with Gasteiger partial charge in [0.2, 0.25) is 0 Å². The van der Waals surface area contributed by atoms with Crippen molar-refractivity contribution in [1.82, 2.24) is 14.9 Å². The third kappa shape index (κ3) is 3.64. The Hall–Kier alpha value is -1.69. The standard InChI is InChI=1S/C13H20N4O2/c1-17(11-4-2-10(8-18)3-5-11)13(19)16-12-6-7-14-9-15-12/h6-7,9-11,18H,2-5,8H2,1H3,(H,14,15,16,19). The Morgan fingerprint density at radius 2 is 2.21 bits per heavy atom. The lowest BCUT2D eigenvalue weighted by atomic mass is 9.86. The normalized spacial score (nSPS) is 22.8. The van der Waals surface area contributed by atoms with E-state index in [0.717, 1.165) is 25.7 Å². The van der Waals surface area contributed by atoms with Gasteiger partial charge in [0.15, 0.2) is 0 Å².